The summed E-state index contributed by atoms with van der Waals surface area (Å²) >= 11 is 0. The maximum Gasteiger partial charge on any atom is 0.220 e. The molecule has 0 aromatic carbocycles. The summed E-state index contributed by atoms with van der Waals surface area (Å²) in [6.45, 7) is 8.96. The van der Waals surface area contributed by atoms with Crippen LogP contribution < -0.4 is 10.6 Å². The van der Waals surface area contributed by atoms with Crippen LogP contribution >= 0.6 is 24.8 Å². The Morgan fingerprint density at radius 3 is 2.48 bits per heavy atom. The lowest BCUT2D eigenvalue weighted by Crippen LogP contribution is -2.35. The molecule has 2 rings (SSSR count). The van der Waals surface area contributed by atoms with Crippen LogP contribution in [0, 0.1) is 11.8 Å². The predicted molar refractivity (Wildman–Crippen MR) is 102 cm³/mol. The lowest BCUT2D eigenvalue weighted by Gasteiger charge is -2.28. The topological polar surface area (TPSA) is 44.4 Å². The Bertz CT molecular complexity index is 306. The quantitative estimate of drug-likeness (QED) is 0.680. The Hall–Kier alpha value is -0.0300. The van der Waals surface area contributed by atoms with Crippen LogP contribution in [0.4, 0.5) is 0 Å². The maximum atomic E-state index is 12.0. The van der Waals surface area contributed by atoms with Crippen molar-refractivity contribution < 1.29 is 4.79 Å². The van der Waals surface area contributed by atoms with E-state index in [2.05, 4.69) is 22.5 Å². The monoisotopic (exact) mass is 367 g/mol. The van der Waals surface area contributed by atoms with E-state index in [0.717, 1.165) is 38.5 Å². The zero-order valence-corrected chi connectivity index (χ0v) is 16.2. The van der Waals surface area contributed by atoms with E-state index < -0.39 is 0 Å². The summed E-state index contributed by atoms with van der Waals surface area (Å²) in [5, 5.41) is 6.50. The molecule has 1 amide bonds. The molecule has 2 N–H and O–H groups in total. The molecule has 4 nitrogen and oxygen atoms in total. The SMILES string of the molecule is CC(CC(=O)NCCCN1CCCCC1)C1CCNCC1.Cl.Cl. The van der Waals surface area contributed by atoms with Crippen molar-refractivity contribution >= 4 is 30.7 Å². The second-order valence-electron chi connectivity index (χ2n) is 6.87. The molecule has 23 heavy (non-hydrogen) atoms. The van der Waals surface area contributed by atoms with Gasteiger partial charge in [0.1, 0.15) is 0 Å². The number of rotatable bonds is 7. The van der Waals surface area contributed by atoms with Gasteiger partial charge in [-0.15, -0.1) is 24.8 Å². The van der Waals surface area contributed by atoms with Gasteiger partial charge in [-0.3, -0.25) is 4.79 Å². The number of nitrogens with zero attached hydrogens (tertiary/aromatic N) is 1. The summed E-state index contributed by atoms with van der Waals surface area (Å²) in [5.41, 5.74) is 0. The molecule has 0 aromatic rings. The van der Waals surface area contributed by atoms with Gasteiger partial charge in [-0.05, 0) is 76.7 Å². The largest absolute Gasteiger partial charge is 0.356 e. The van der Waals surface area contributed by atoms with Crippen LogP contribution in [-0.2, 0) is 4.79 Å². The van der Waals surface area contributed by atoms with Gasteiger partial charge in [0, 0.05) is 13.0 Å². The second kappa shape index (κ2) is 13.3. The molecule has 2 aliphatic rings. The second-order valence-corrected chi connectivity index (χ2v) is 6.87. The molecular formula is C17H35Cl2N3O. The lowest BCUT2D eigenvalue weighted by atomic mass is 9.84. The Kier molecular flexibility index (Phi) is 13.3. The fourth-order valence-corrected chi connectivity index (χ4v) is 3.66. The first-order valence-corrected chi connectivity index (χ1v) is 8.95. The van der Waals surface area contributed by atoms with Crippen LogP contribution in [0.2, 0.25) is 0 Å². The first kappa shape index (κ1) is 23.0. The van der Waals surface area contributed by atoms with Crippen molar-refractivity contribution in [2.45, 2.75) is 51.9 Å². The van der Waals surface area contributed by atoms with Crippen molar-refractivity contribution in [3.8, 4) is 0 Å². The van der Waals surface area contributed by atoms with E-state index in [1.54, 1.807) is 0 Å². The number of hydrogen-bond acceptors (Lipinski definition) is 3. The normalized spacial score (nSPS) is 20.9. The fourth-order valence-electron chi connectivity index (χ4n) is 3.66. The molecule has 0 saturated carbocycles. The van der Waals surface area contributed by atoms with Crippen LogP contribution in [0.3, 0.4) is 0 Å². The highest BCUT2D eigenvalue weighted by atomic mass is 35.5. The molecule has 2 saturated heterocycles. The zero-order valence-electron chi connectivity index (χ0n) is 14.5. The van der Waals surface area contributed by atoms with Crippen LogP contribution in [0.25, 0.3) is 0 Å². The highest BCUT2D eigenvalue weighted by Crippen LogP contribution is 2.24. The molecule has 2 fully saturated rings. The van der Waals surface area contributed by atoms with Crippen LogP contribution in [0.1, 0.15) is 51.9 Å². The smallest absolute Gasteiger partial charge is 0.220 e. The summed E-state index contributed by atoms with van der Waals surface area (Å²) in [6.07, 6.45) is 8.33. The fraction of sp³-hybridized carbons (Fsp3) is 0.941. The first-order chi connectivity index (χ1) is 10.3. The standard InChI is InChI=1S/C17H33N3O.2ClH/c1-15(16-6-9-18-10-7-16)14-17(21)19-8-5-13-20-11-3-2-4-12-20;;/h15-16,18H,2-14H2,1H3,(H,19,21);2*1H. The molecule has 6 heteroatoms. The summed E-state index contributed by atoms with van der Waals surface area (Å²) in [5.74, 6) is 1.50. The summed E-state index contributed by atoms with van der Waals surface area (Å²) in [7, 11) is 0. The molecular weight excluding hydrogens is 333 g/mol. The third-order valence-corrected chi connectivity index (χ3v) is 5.12. The number of piperidine rings is 2. The van der Waals surface area contributed by atoms with Crippen molar-refractivity contribution in [2.75, 3.05) is 39.3 Å². The number of halogens is 2. The molecule has 2 heterocycles. The van der Waals surface area contributed by atoms with Crippen molar-refractivity contribution in [3.05, 3.63) is 0 Å². The Morgan fingerprint density at radius 1 is 1.17 bits per heavy atom. The molecule has 2 aliphatic heterocycles. The van der Waals surface area contributed by atoms with Crippen LogP contribution in [-0.4, -0.2) is 50.1 Å². The van der Waals surface area contributed by atoms with E-state index >= 15 is 0 Å². The average molecular weight is 368 g/mol. The van der Waals surface area contributed by atoms with E-state index in [9.17, 15) is 4.79 Å². The predicted octanol–water partition coefficient (Wildman–Crippen LogP) is 2.85. The number of carbonyl (C=O) groups is 1. The number of carbonyl (C=O) groups excluding carboxylic acids is 1. The number of nitrogens with one attached hydrogen (secondary N) is 2. The highest BCUT2D eigenvalue weighted by Gasteiger charge is 2.21. The van der Waals surface area contributed by atoms with Crippen LogP contribution in [0.15, 0.2) is 0 Å². The van der Waals surface area contributed by atoms with Gasteiger partial charge in [0.2, 0.25) is 5.91 Å². The van der Waals surface area contributed by atoms with Crippen molar-refractivity contribution in [1.29, 1.82) is 0 Å². The molecule has 1 unspecified atom stereocenters. The number of hydrogen-bond donors (Lipinski definition) is 2. The van der Waals surface area contributed by atoms with Gasteiger partial charge < -0.3 is 15.5 Å². The van der Waals surface area contributed by atoms with Crippen molar-refractivity contribution in [1.82, 2.24) is 15.5 Å². The highest BCUT2D eigenvalue weighted by molar-refractivity contribution is 5.85. The maximum absolute atomic E-state index is 12.0. The summed E-state index contributed by atoms with van der Waals surface area (Å²) in [6, 6.07) is 0. The van der Waals surface area contributed by atoms with Crippen molar-refractivity contribution in [3.63, 3.8) is 0 Å². The Labute approximate surface area is 154 Å². The molecule has 0 spiro atoms. The number of likely N-dealkylation sites (tertiary alicyclic amines) is 1. The average Bonchev–Trinajstić information content (AvgIpc) is 2.53. The number of amides is 1. The minimum absolute atomic E-state index is 0. The summed E-state index contributed by atoms with van der Waals surface area (Å²) < 4.78 is 0. The molecule has 1 atom stereocenters. The molecule has 0 aliphatic carbocycles. The summed E-state index contributed by atoms with van der Waals surface area (Å²) in [4.78, 5) is 14.5. The molecule has 0 aromatic heterocycles. The third kappa shape index (κ3) is 9.13. The van der Waals surface area contributed by atoms with E-state index in [0.29, 0.717) is 12.3 Å². The van der Waals surface area contributed by atoms with Gasteiger partial charge in [0.05, 0.1) is 0 Å². The molecule has 0 bridgehead atoms. The lowest BCUT2D eigenvalue weighted by molar-refractivity contribution is -0.122. The first-order valence-electron chi connectivity index (χ1n) is 8.95. The minimum Gasteiger partial charge on any atom is -0.356 e. The van der Waals surface area contributed by atoms with Gasteiger partial charge in [0.25, 0.3) is 0 Å². The third-order valence-electron chi connectivity index (χ3n) is 5.12. The van der Waals surface area contributed by atoms with Crippen LogP contribution in [0.5, 0.6) is 0 Å². The molecule has 0 radical (unpaired) electrons. The van der Waals surface area contributed by atoms with E-state index in [1.165, 1.54) is 45.2 Å². The van der Waals surface area contributed by atoms with Gasteiger partial charge in [0.15, 0.2) is 0 Å². The van der Waals surface area contributed by atoms with E-state index in [-0.39, 0.29) is 30.7 Å². The van der Waals surface area contributed by atoms with Gasteiger partial charge >= 0.3 is 0 Å². The zero-order chi connectivity index (χ0) is 14.9. The van der Waals surface area contributed by atoms with Crippen molar-refractivity contribution in [2.24, 2.45) is 11.8 Å². The van der Waals surface area contributed by atoms with Gasteiger partial charge in [-0.25, -0.2) is 0 Å². The van der Waals surface area contributed by atoms with Gasteiger partial charge in [-0.2, -0.15) is 0 Å². The van der Waals surface area contributed by atoms with E-state index in [1.807, 2.05) is 0 Å². The van der Waals surface area contributed by atoms with E-state index in [4.69, 9.17) is 0 Å². The Morgan fingerprint density at radius 2 is 1.83 bits per heavy atom. The minimum atomic E-state index is 0. The Balaban J connectivity index is 0.00000242. The van der Waals surface area contributed by atoms with Gasteiger partial charge in [-0.1, -0.05) is 13.3 Å². The molecule has 138 valence electrons.